The Labute approximate surface area is 207 Å². The van der Waals surface area contributed by atoms with Crippen LogP contribution in [0, 0.1) is 0 Å². The van der Waals surface area contributed by atoms with Crippen LogP contribution >= 0.6 is 24.0 Å². The Kier molecular flexibility index (Phi) is 12.6. The van der Waals surface area contributed by atoms with Crippen molar-refractivity contribution in [2.45, 2.75) is 26.1 Å². The van der Waals surface area contributed by atoms with E-state index in [-0.39, 0.29) is 36.6 Å². The second kappa shape index (κ2) is 14.6. The van der Waals surface area contributed by atoms with Gasteiger partial charge in [0.25, 0.3) is 0 Å². The first kappa shape index (κ1) is 27.6. The topological polar surface area (TPSA) is 93.6 Å². The lowest BCUT2D eigenvalue weighted by Crippen LogP contribution is -2.42. The van der Waals surface area contributed by atoms with Crippen LogP contribution < -0.4 is 29.6 Å². The van der Waals surface area contributed by atoms with E-state index >= 15 is 0 Å². The van der Waals surface area contributed by atoms with Crippen molar-refractivity contribution in [2.24, 2.45) is 4.99 Å². The molecule has 0 heterocycles. The zero-order valence-corrected chi connectivity index (χ0v) is 21.6. The Hall–Kier alpha value is -2.40. The van der Waals surface area contributed by atoms with Crippen LogP contribution in [0.2, 0.25) is 0 Å². The van der Waals surface area contributed by atoms with Gasteiger partial charge in [-0.2, -0.15) is 0 Å². The van der Waals surface area contributed by atoms with E-state index in [0.29, 0.717) is 36.1 Å². The molecule has 2 unspecified atom stereocenters. The van der Waals surface area contributed by atoms with Crippen LogP contribution in [0.25, 0.3) is 0 Å². The third kappa shape index (κ3) is 8.99. The third-order valence-electron chi connectivity index (χ3n) is 4.46. The van der Waals surface area contributed by atoms with Crippen molar-refractivity contribution in [2.75, 3.05) is 41.0 Å². The van der Waals surface area contributed by atoms with E-state index < -0.39 is 6.10 Å². The molecule has 2 aromatic carbocycles. The lowest BCUT2D eigenvalue weighted by molar-refractivity contribution is 0.186. The summed E-state index contributed by atoms with van der Waals surface area (Å²) in [4.78, 5) is 4.49. The highest BCUT2D eigenvalue weighted by Crippen LogP contribution is 2.26. The zero-order chi connectivity index (χ0) is 22.6. The van der Waals surface area contributed by atoms with Crippen molar-refractivity contribution in [3.8, 4) is 23.0 Å². The first-order valence-corrected chi connectivity index (χ1v) is 10.2. The minimum atomic E-state index is -0.801. The van der Waals surface area contributed by atoms with Gasteiger partial charge in [-0.3, -0.25) is 4.99 Å². The van der Waals surface area contributed by atoms with Gasteiger partial charge in [0.05, 0.1) is 40.5 Å². The van der Waals surface area contributed by atoms with Crippen LogP contribution in [-0.2, 0) is 0 Å². The maximum Gasteiger partial charge on any atom is 0.191 e. The number of guanidine groups is 1. The molecule has 0 saturated carbocycles. The van der Waals surface area contributed by atoms with Crippen LogP contribution in [0.15, 0.2) is 47.5 Å². The number of rotatable bonds is 11. The summed E-state index contributed by atoms with van der Waals surface area (Å²) in [5, 5.41) is 17.0. The summed E-state index contributed by atoms with van der Waals surface area (Å²) < 4.78 is 21.7. The van der Waals surface area contributed by atoms with Crippen LogP contribution in [0.1, 0.15) is 25.5 Å². The molecule has 0 aliphatic rings. The van der Waals surface area contributed by atoms with E-state index in [1.54, 1.807) is 39.5 Å². The molecule has 0 radical (unpaired) electrons. The van der Waals surface area contributed by atoms with Gasteiger partial charge in [-0.15, -0.1) is 24.0 Å². The monoisotopic (exact) mass is 559 g/mol. The van der Waals surface area contributed by atoms with E-state index in [4.69, 9.17) is 18.9 Å². The average molecular weight is 559 g/mol. The van der Waals surface area contributed by atoms with Gasteiger partial charge in [0.1, 0.15) is 29.1 Å². The SMILES string of the molecule is CCNC(=NCC(O)c1cc(OC)cc(OC)c1)NCC(C)Oc1cccc(OC)c1.I. The minimum absolute atomic E-state index is 0. The first-order chi connectivity index (χ1) is 15.0. The molecule has 0 amide bonds. The molecule has 32 heavy (non-hydrogen) atoms. The van der Waals surface area contributed by atoms with Gasteiger partial charge in [0.2, 0.25) is 0 Å². The molecule has 178 valence electrons. The smallest absolute Gasteiger partial charge is 0.191 e. The number of ether oxygens (including phenoxy) is 4. The quantitative estimate of drug-likeness (QED) is 0.221. The van der Waals surface area contributed by atoms with Gasteiger partial charge in [0.15, 0.2) is 5.96 Å². The second-order valence-corrected chi connectivity index (χ2v) is 6.87. The molecule has 2 rings (SSSR count). The van der Waals surface area contributed by atoms with Gasteiger partial charge in [0, 0.05) is 18.7 Å². The number of nitrogens with zero attached hydrogens (tertiary/aromatic N) is 1. The van der Waals surface area contributed by atoms with Crippen molar-refractivity contribution >= 4 is 29.9 Å². The summed E-state index contributed by atoms with van der Waals surface area (Å²) in [5.41, 5.74) is 0.672. The zero-order valence-electron chi connectivity index (χ0n) is 19.3. The number of aliphatic imine (C=N–C) groups is 1. The number of nitrogens with one attached hydrogen (secondary N) is 2. The van der Waals surface area contributed by atoms with E-state index in [0.717, 1.165) is 11.5 Å². The molecule has 0 aromatic heterocycles. The molecular formula is C23H34IN3O5. The summed E-state index contributed by atoms with van der Waals surface area (Å²) in [6.45, 7) is 5.35. The molecule has 2 atom stereocenters. The van der Waals surface area contributed by atoms with Gasteiger partial charge >= 0.3 is 0 Å². The molecule has 3 N–H and O–H groups in total. The number of hydrogen-bond donors (Lipinski definition) is 3. The number of aliphatic hydroxyl groups excluding tert-OH is 1. The van der Waals surface area contributed by atoms with Crippen molar-refractivity contribution in [1.29, 1.82) is 0 Å². The molecule has 0 spiro atoms. The molecule has 9 heteroatoms. The summed E-state index contributed by atoms with van der Waals surface area (Å²) in [5.74, 6) is 3.31. The standard InChI is InChI=1S/C23H33N3O5.HI/c1-6-24-23(25-14-16(2)31-19-9-7-8-18(12-19)28-3)26-15-22(27)17-10-20(29-4)13-21(11-17)30-5;/h7-13,16,22,27H,6,14-15H2,1-5H3,(H2,24,25,26);1H. The van der Waals surface area contributed by atoms with Gasteiger partial charge < -0.3 is 34.7 Å². The Bertz CT molecular complexity index is 828. The molecule has 8 nitrogen and oxygen atoms in total. The summed E-state index contributed by atoms with van der Waals surface area (Å²) in [7, 11) is 4.77. The Morgan fingerprint density at radius 1 is 0.938 bits per heavy atom. The Morgan fingerprint density at radius 2 is 1.53 bits per heavy atom. The van der Waals surface area contributed by atoms with Crippen LogP contribution in [0.3, 0.4) is 0 Å². The molecule has 0 bridgehead atoms. The number of benzene rings is 2. The maximum atomic E-state index is 10.6. The summed E-state index contributed by atoms with van der Waals surface area (Å²) in [6.07, 6.45) is -0.909. The fourth-order valence-electron chi connectivity index (χ4n) is 2.84. The van der Waals surface area contributed by atoms with E-state index in [2.05, 4.69) is 15.6 Å². The van der Waals surface area contributed by atoms with Crippen LogP contribution in [0.5, 0.6) is 23.0 Å². The van der Waals surface area contributed by atoms with Gasteiger partial charge in [-0.25, -0.2) is 0 Å². The predicted molar refractivity (Wildman–Crippen MR) is 137 cm³/mol. The number of aliphatic hydroxyl groups is 1. The fraction of sp³-hybridized carbons (Fsp3) is 0.435. The number of methoxy groups -OCH3 is 3. The molecule has 0 saturated heterocycles. The van der Waals surface area contributed by atoms with E-state index in [1.807, 2.05) is 38.1 Å². The normalized spacial score (nSPS) is 12.8. The minimum Gasteiger partial charge on any atom is -0.497 e. The first-order valence-electron chi connectivity index (χ1n) is 10.2. The van der Waals surface area contributed by atoms with E-state index in [9.17, 15) is 5.11 Å². The molecule has 0 fully saturated rings. The van der Waals surface area contributed by atoms with Crippen molar-refractivity contribution < 1.29 is 24.1 Å². The van der Waals surface area contributed by atoms with Crippen molar-refractivity contribution in [3.63, 3.8) is 0 Å². The lowest BCUT2D eigenvalue weighted by atomic mass is 10.1. The molecule has 0 aliphatic heterocycles. The van der Waals surface area contributed by atoms with E-state index in [1.165, 1.54) is 0 Å². The highest BCUT2D eigenvalue weighted by atomic mass is 127. The van der Waals surface area contributed by atoms with Gasteiger partial charge in [-0.1, -0.05) is 6.07 Å². The van der Waals surface area contributed by atoms with Crippen molar-refractivity contribution in [3.05, 3.63) is 48.0 Å². The predicted octanol–water partition coefficient (Wildman–Crippen LogP) is 3.39. The molecular weight excluding hydrogens is 525 g/mol. The maximum absolute atomic E-state index is 10.6. The molecule has 0 aliphatic carbocycles. The van der Waals surface area contributed by atoms with Crippen molar-refractivity contribution in [1.82, 2.24) is 10.6 Å². The number of hydrogen-bond acceptors (Lipinski definition) is 6. The average Bonchev–Trinajstić information content (AvgIpc) is 2.80. The molecule has 2 aromatic rings. The highest BCUT2D eigenvalue weighted by molar-refractivity contribution is 14.0. The lowest BCUT2D eigenvalue weighted by Gasteiger charge is -2.18. The largest absolute Gasteiger partial charge is 0.497 e. The van der Waals surface area contributed by atoms with Gasteiger partial charge in [-0.05, 0) is 43.7 Å². The third-order valence-corrected chi connectivity index (χ3v) is 4.46. The summed E-state index contributed by atoms with van der Waals surface area (Å²) in [6, 6.07) is 12.8. The number of halogens is 1. The Balaban J connectivity index is 0.00000512. The Morgan fingerprint density at radius 3 is 2.12 bits per heavy atom. The summed E-state index contributed by atoms with van der Waals surface area (Å²) >= 11 is 0. The van der Waals surface area contributed by atoms with Crippen LogP contribution in [-0.4, -0.2) is 58.1 Å². The fourth-order valence-corrected chi connectivity index (χ4v) is 2.84. The van der Waals surface area contributed by atoms with Crippen LogP contribution in [0.4, 0.5) is 0 Å². The second-order valence-electron chi connectivity index (χ2n) is 6.87. The highest BCUT2D eigenvalue weighted by Gasteiger charge is 2.12.